The molecular weight excluding hydrogens is 457 g/mol. The van der Waals surface area contributed by atoms with E-state index in [2.05, 4.69) is 15.3 Å². The van der Waals surface area contributed by atoms with Crippen LogP contribution in [0.4, 0.5) is 5.13 Å². The van der Waals surface area contributed by atoms with Gasteiger partial charge in [-0.05, 0) is 43.2 Å². The van der Waals surface area contributed by atoms with Crippen molar-refractivity contribution in [3.63, 3.8) is 0 Å². The smallest absolute Gasteiger partial charge is 0.223 e. The molecule has 2 radical (unpaired) electrons. The molecule has 164 valence electrons. The molecule has 0 atom stereocenters. The fourth-order valence-corrected chi connectivity index (χ4v) is 5.71. The molecule has 1 aliphatic carbocycles. The van der Waals surface area contributed by atoms with Gasteiger partial charge in [-0.3, -0.25) is 9.78 Å². The number of nitrogens with zero attached hydrogens (tertiary/aromatic N) is 4. The van der Waals surface area contributed by atoms with Crippen LogP contribution < -0.4 is 10.8 Å². The minimum Gasteiger partial charge on any atom is -0.302 e. The number of amides is 1. The minimum absolute atomic E-state index is 0.142. The summed E-state index contributed by atoms with van der Waals surface area (Å²) in [5.74, 6) is -0.188. The SMILES string of the molecule is [B]c1cc(S(C)(=O)=O)ccc1-n1nc(-c2cccnc2)c2c1-c1sc(NC(C)=O)nc1CC2. The van der Waals surface area contributed by atoms with E-state index in [0.717, 1.165) is 39.3 Å². The van der Waals surface area contributed by atoms with Crippen LogP contribution in [0.15, 0.2) is 47.6 Å². The zero-order valence-corrected chi connectivity index (χ0v) is 19.5. The molecule has 11 heteroatoms. The monoisotopic (exact) mass is 475 g/mol. The first-order valence-corrected chi connectivity index (χ1v) is 12.8. The van der Waals surface area contributed by atoms with E-state index in [1.807, 2.05) is 12.1 Å². The highest BCUT2D eigenvalue weighted by atomic mass is 32.2. The average molecular weight is 475 g/mol. The van der Waals surface area contributed by atoms with Crippen molar-refractivity contribution in [2.75, 3.05) is 11.6 Å². The molecule has 8 nitrogen and oxygen atoms in total. The molecule has 3 aromatic heterocycles. The van der Waals surface area contributed by atoms with Gasteiger partial charge in [-0.1, -0.05) is 16.8 Å². The number of hydrogen-bond acceptors (Lipinski definition) is 7. The third-order valence-corrected chi connectivity index (χ3v) is 7.51. The van der Waals surface area contributed by atoms with Gasteiger partial charge in [0.2, 0.25) is 5.91 Å². The number of sulfone groups is 1. The minimum atomic E-state index is -3.40. The summed E-state index contributed by atoms with van der Waals surface area (Å²) in [7, 11) is 2.91. The second-order valence-electron chi connectivity index (χ2n) is 7.80. The molecule has 0 bridgehead atoms. The molecule has 4 aromatic rings. The predicted octanol–water partition coefficient (Wildman–Crippen LogP) is 2.31. The molecular formula is C22H18BN5O3S2. The second kappa shape index (κ2) is 7.93. The molecule has 3 heterocycles. The first kappa shape index (κ1) is 21.5. The van der Waals surface area contributed by atoms with Crippen LogP contribution in [0.5, 0.6) is 0 Å². The van der Waals surface area contributed by atoms with E-state index < -0.39 is 9.84 Å². The summed E-state index contributed by atoms with van der Waals surface area (Å²) in [4.78, 5) is 21.4. The van der Waals surface area contributed by atoms with Crippen LogP contribution in [0.25, 0.3) is 27.5 Å². The number of pyridine rings is 1. The molecule has 0 saturated carbocycles. The number of aromatic nitrogens is 4. The standard InChI is InChI=1S/C22H18BN5O3S2/c1-12(29)25-22-26-17-7-6-15-19(13-4-3-9-24-11-13)27-28(20(15)21(17)32-22)18-8-5-14(10-16(18)23)33(2,30)31/h3-5,8-11H,6-7H2,1-2H3,(H,25,26,29). The highest BCUT2D eigenvalue weighted by molar-refractivity contribution is 7.90. The Morgan fingerprint density at radius 1 is 1.24 bits per heavy atom. The second-order valence-corrected chi connectivity index (χ2v) is 10.8. The lowest BCUT2D eigenvalue weighted by atomic mass is 9.93. The maximum absolute atomic E-state index is 12.0. The van der Waals surface area contributed by atoms with Gasteiger partial charge in [-0.15, -0.1) is 0 Å². The van der Waals surface area contributed by atoms with E-state index in [4.69, 9.17) is 12.9 Å². The maximum atomic E-state index is 12.0. The molecule has 1 aliphatic rings. The molecule has 0 unspecified atom stereocenters. The number of benzene rings is 1. The number of rotatable bonds is 4. The van der Waals surface area contributed by atoms with Crippen LogP contribution in [0.3, 0.4) is 0 Å². The molecule has 33 heavy (non-hydrogen) atoms. The largest absolute Gasteiger partial charge is 0.302 e. The van der Waals surface area contributed by atoms with Crippen molar-refractivity contribution >= 4 is 45.5 Å². The summed E-state index contributed by atoms with van der Waals surface area (Å²) in [6.07, 6.45) is 6.02. The van der Waals surface area contributed by atoms with Crippen LogP contribution in [-0.2, 0) is 27.5 Å². The van der Waals surface area contributed by atoms with E-state index in [1.54, 1.807) is 23.1 Å². The number of nitrogens with one attached hydrogen (secondary N) is 1. The lowest BCUT2D eigenvalue weighted by Crippen LogP contribution is -2.17. The van der Waals surface area contributed by atoms with Crippen LogP contribution in [0.1, 0.15) is 18.2 Å². The third kappa shape index (κ3) is 3.87. The van der Waals surface area contributed by atoms with Crippen LogP contribution in [0, 0.1) is 0 Å². The van der Waals surface area contributed by atoms with Crippen LogP contribution in [0.2, 0.25) is 0 Å². The summed E-state index contributed by atoms with van der Waals surface area (Å²) < 4.78 is 25.7. The Morgan fingerprint density at radius 2 is 2.06 bits per heavy atom. The Morgan fingerprint density at radius 3 is 2.73 bits per heavy atom. The summed E-state index contributed by atoms with van der Waals surface area (Å²) in [6.45, 7) is 1.45. The van der Waals surface area contributed by atoms with Crippen molar-refractivity contribution in [2.24, 2.45) is 0 Å². The van der Waals surface area contributed by atoms with Gasteiger partial charge in [-0.2, -0.15) is 5.10 Å². The fraction of sp³-hybridized carbons (Fsp3) is 0.182. The van der Waals surface area contributed by atoms with E-state index in [9.17, 15) is 13.2 Å². The van der Waals surface area contributed by atoms with Crippen molar-refractivity contribution < 1.29 is 13.2 Å². The van der Waals surface area contributed by atoms with Gasteiger partial charge in [0.25, 0.3) is 0 Å². The van der Waals surface area contributed by atoms with Gasteiger partial charge in [0.05, 0.1) is 32.5 Å². The highest BCUT2D eigenvalue weighted by Gasteiger charge is 2.30. The Labute approximate surface area is 196 Å². The van der Waals surface area contributed by atoms with E-state index >= 15 is 0 Å². The summed E-state index contributed by atoms with van der Waals surface area (Å²) >= 11 is 1.38. The van der Waals surface area contributed by atoms with Crippen molar-refractivity contribution in [2.45, 2.75) is 24.7 Å². The van der Waals surface area contributed by atoms with Gasteiger partial charge in [0.15, 0.2) is 15.0 Å². The molecule has 0 saturated heterocycles. The lowest BCUT2D eigenvalue weighted by molar-refractivity contribution is -0.114. The van der Waals surface area contributed by atoms with Crippen molar-refractivity contribution in [1.82, 2.24) is 19.7 Å². The fourth-order valence-electron chi connectivity index (χ4n) is 3.94. The summed E-state index contributed by atoms with van der Waals surface area (Å²) in [5, 5.41) is 8.18. The number of carbonyl (C=O) groups excluding carboxylic acids is 1. The Bertz CT molecular complexity index is 1510. The number of carbonyl (C=O) groups is 1. The van der Waals surface area contributed by atoms with Gasteiger partial charge in [-0.25, -0.2) is 18.1 Å². The quantitative estimate of drug-likeness (QED) is 0.454. The molecule has 1 amide bonds. The van der Waals surface area contributed by atoms with Gasteiger partial charge < -0.3 is 5.32 Å². The maximum Gasteiger partial charge on any atom is 0.223 e. The molecule has 5 rings (SSSR count). The zero-order chi connectivity index (χ0) is 23.3. The normalized spacial score (nSPS) is 12.8. The van der Waals surface area contributed by atoms with Gasteiger partial charge in [0, 0.05) is 36.7 Å². The van der Waals surface area contributed by atoms with Crippen molar-refractivity contribution in [3.05, 3.63) is 54.0 Å². The number of thiazole rings is 1. The molecule has 0 spiro atoms. The Balaban J connectivity index is 1.75. The van der Waals surface area contributed by atoms with E-state index in [0.29, 0.717) is 29.1 Å². The average Bonchev–Trinajstić information content (AvgIpc) is 3.34. The number of hydrogen-bond donors (Lipinski definition) is 1. The third-order valence-electron chi connectivity index (χ3n) is 5.38. The lowest BCUT2D eigenvalue weighted by Gasteiger charge is -2.16. The predicted molar refractivity (Wildman–Crippen MR) is 128 cm³/mol. The highest BCUT2D eigenvalue weighted by Crippen LogP contribution is 2.43. The first-order valence-electron chi connectivity index (χ1n) is 10.1. The number of aryl methyl sites for hydroxylation is 1. The number of anilines is 1. The Hall–Kier alpha value is -3.31. The number of fused-ring (bicyclic) bond motifs is 3. The molecule has 1 N–H and O–H groups in total. The summed E-state index contributed by atoms with van der Waals surface area (Å²) in [6, 6.07) is 8.43. The van der Waals surface area contributed by atoms with Crippen molar-refractivity contribution in [1.29, 1.82) is 0 Å². The molecule has 0 fully saturated rings. The van der Waals surface area contributed by atoms with Gasteiger partial charge >= 0.3 is 0 Å². The molecule has 0 aliphatic heterocycles. The Kier molecular flexibility index (Phi) is 5.17. The molecule has 1 aromatic carbocycles. The van der Waals surface area contributed by atoms with Crippen molar-refractivity contribution in [3.8, 4) is 27.5 Å². The topological polar surface area (TPSA) is 107 Å². The van der Waals surface area contributed by atoms with Crippen LogP contribution >= 0.6 is 11.3 Å². The first-order chi connectivity index (χ1) is 15.7. The van der Waals surface area contributed by atoms with Gasteiger partial charge in [0.1, 0.15) is 7.85 Å². The van der Waals surface area contributed by atoms with E-state index in [1.165, 1.54) is 30.4 Å². The summed E-state index contributed by atoms with van der Waals surface area (Å²) in [5.41, 5.74) is 5.25. The van der Waals surface area contributed by atoms with Crippen LogP contribution in [-0.4, -0.2) is 48.2 Å². The van der Waals surface area contributed by atoms with E-state index in [-0.39, 0.29) is 10.8 Å². The zero-order valence-electron chi connectivity index (χ0n) is 17.9.